The van der Waals surface area contributed by atoms with Gasteiger partial charge in [-0.1, -0.05) is 12.1 Å². The minimum Gasteiger partial charge on any atom is -0.399 e. The van der Waals surface area contributed by atoms with Crippen molar-refractivity contribution in [2.45, 2.75) is 19.6 Å². The van der Waals surface area contributed by atoms with E-state index in [1.165, 1.54) is 12.1 Å². The van der Waals surface area contributed by atoms with Gasteiger partial charge in [-0.25, -0.2) is 0 Å². The van der Waals surface area contributed by atoms with Crippen molar-refractivity contribution in [3.8, 4) is 0 Å². The SMILES string of the molecule is Nc1cc(C(=O)Nc2cc3ccc(S(=O)(=O)O)cc3cc2S(=O)(=O)O)cc(C(=O)Nc2cc3ccc(S(=O)(=O)O)cc3cc2S(=O)(=O)O)c1.[Na].[Na].[Na].[Na]. The molecule has 53 heavy (non-hydrogen) atoms. The largest absolute Gasteiger partial charge is 0.399 e. The van der Waals surface area contributed by atoms with E-state index in [1.54, 1.807) is 0 Å². The van der Waals surface area contributed by atoms with Gasteiger partial charge in [0.15, 0.2) is 0 Å². The van der Waals surface area contributed by atoms with Gasteiger partial charge in [-0.05, 0) is 88.3 Å². The van der Waals surface area contributed by atoms with Gasteiger partial charge in [0.25, 0.3) is 52.3 Å². The van der Waals surface area contributed by atoms with Crippen molar-refractivity contribution in [3.63, 3.8) is 0 Å². The molecule has 4 radical (unpaired) electrons. The Morgan fingerprint density at radius 2 is 0.792 bits per heavy atom. The van der Waals surface area contributed by atoms with E-state index in [9.17, 15) is 61.5 Å². The van der Waals surface area contributed by atoms with Crippen molar-refractivity contribution < 1.29 is 61.5 Å². The summed E-state index contributed by atoms with van der Waals surface area (Å²) < 4.78 is 133. The molecule has 0 fully saturated rings. The number of amides is 2. The average Bonchev–Trinajstić information content (AvgIpc) is 2.97. The normalized spacial score (nSPS) is 11.6. The van der Waals surface area contributed by atoms with Gasteiger partial charge >= 0.3 is 0 Å². The Morgan fingerprint density at radius 1 is 0.453 bits per heavy atom. The monoisotopic (exact) mass is 843 g/mol. The van der Waals surface area contributed by atoms with Gasteiger partial charge in [-0.2, -0.15) is 33.7 Å². The van der Waals surface area contributed by atoms with Crippen LogP contribution in [-0.4, -0.2) is 182 Å². The standard InChI is InChI=1S/C28H21N3O14S4.4Na/c29-20-6-18(27(32)30-23-10-14-1-3-21(46(34,35)36)8-16(14)12-25(23)48(40,41)42)5-19(7-20)28(33)31-24-11-15-2-4-22(47(37,38)39)9-17(15)13-26(24)49(43,44)45;;;;/h1-13H,29H2,(H,30,32)(H,31,33)(H,34,35,36)(H,37,38,39)(H,40,41,42)(H,43,44,45);;;;. The van der Waals surface area contributed by atoms with Crippen molar-refractivity contribution in [1.82, 2.24) is 0 Å². The number of rotatable bonds is 8. The zero-order chi connectivity index (χ0) is 36.3. The zero-order valence-electron chi connectivity index (χ0n) is 28.1. The number of fused-ring (bicyclic) bond motifs is 2. The van der Waals surface area contributed by atoms with Crippen molar-refractivity contribution in [2.24, 2.45) is 0 Å². The quantitative estimate of drug-likeness (QED) is 0.0662. The van der Waals surface area contributed by atoms with Crippen LogP contribution in [0.4, 0.5) is 17.1 Å². The molecule has 0 aliphatic heterocycles. The van der Waals surface area contributed by atoms with Crippen LogP contribution < -0.4 is 16.4 Å². The Morgan fingerprint density at radius 3 is 1.09 bits per heavy atom. The van der Waals surface area contributed by atoms with E-state index in [0.717, 1.165) is 66.7 Å². The van der Waals surface area contributed by atoms with E-state index in [0.29, 0.717) is 0 Å². The third-order valence-electron chi connectivity index (χ3n) is 6.95. The molecule has 5 aromatic rings. The van der Waals surface area contributed by atoms with Crippen LogP contribution in [0, 0.1) is 0 Å². The minimum atomic E-state index is -5.03. The number of carbonyl (C=O) groups excluding carboxylic acids is 2. The molecule has 17 nitrogen and oxygen atoms in total. The summed E-state index contributed by atoms with van der Waals surface area (Å²) in [5, 5.41) is 4.83. The van der Waals surface area contributed by atoms with E-state index in [4.69, 9.17) is 5.73 Å². The molecule has 0 atom stereocenters. The van der Waals surface area contributed by atoms with Crippen LogP contribution in [-0.2, 0) is 40.5 Å². The molecule has 0 aliphatic rings. The summed E-state index contributed by atoms with van der Waals surface area (Å²) in [4.78, 5) is 23.7. The Kier molecular flexibility index (Phi) is 17.5. The van der Waals surface area contributed by atoms with E-state index < -0.39 is 83.2 Å². The first-order valence-corrected chi connectivity index (χ1v) is 18.9. The Bertz CT molecular complexity index is 2550. The molecular weight excluding hydrogens is 823 g/mol. The molecule has 0 aromatic heterocycles. The fourth-order valence-corrected chi connectivity index (χ4v) is 7.12. The first-order valence-electron chi connectivity index (χ1n) is 13.1. The third-order valence-corrected chi connectivity index (χ3v) is 10.4. The molecular formula is C28H21N3Na4O14S4. The number of benzene rings is 5. The van der Waals surface area contributed by atoms with Gasteiger partial charge in [0, 0.05) is 135 Å². The maximum Gasteiger partial charge on any atom is 0.296 e. The van der Waals surface area contributed by atoms with Crippen LogP contribution in [0.2, 0.25) is 0 Å². The van der Waals surface area contributed by atoms with Crippen molar-refractivity contribution >= 4 is 209 Å². The third kappa shape index (κ3) is 12.0. The van der Waals surface area contributed by atoms with Crippen LogP contribution in [0.3, 0.4) is 0 Å². The van der Waals surface area contributed by atoms with E-state index >= 15 is 0 Å². The summed E-state index contributed by atoms with van der Waals surface area (Å²) in [5.74, 6) is -2.08. The summed E-state index contributed by atoms with van der Waals surface area (Å²) in [6, 6.07) is 13.4. The molecule has 5 rings (SSSR count). The first-order chi connectivity index (χ1) is 22.5. The molecule has 0 heterocycles. The summed E-state index contributed by atoms with van der Waals surface area (Å²) in [7, 11) is -19.4. The van der Waals surface area contributed by atoms with Crippen LogP contribution >= 0.6 is 0 Å². The predicted octanol–water partition coefficient (Wildman–Crippen LogP) is 1.54. The molecule has 260 valence electrons. The van der Waals surface area contributed by atoms with Gasteiger partial charge < -0.3 is 16.4 Å². The van der Waals surface area contributed by atoms with Gasteiger partial charge in [0.05, 0.1) is 21.2 Å². The number of hydrogen-bond acceptors (Lipinski definition) is 11. The van der Waals surface area contributed by atoms with Crippen LogP contribution in [0.25, 0.3) is 21.5 Å². The van der Waals surface area contributed by atoms with Crippen LogP contribution in [0.5, 0.6) is 0 Å². The number of carbonyl (C=O) groups is 2. The number of anilines is 3. The van der Waals surface area contributed by atoms with Crippen molar-refractivity contribution in [2.75, 3.05) is 16.4 Å². The Hall–Kier alpha value is -1.000. The fraction of sp³-hybridized carbons (Fsp3) is 0. The topological polar surface area (TPSA) is 302 Å². The van der Waals surface area contributed by atoms with Crippen LogP contribution in [0.1, 0.15) is 20.7 Å². The zero-order valence-corrected chi connectivity index (χ0v) is 39.4. The van der Waals surface area contributed by atoms with E-state index in [-0.39, 0.29) is 157 Å². The summed E-state index contributed by atoms with van der Waals surface area (Å²) in [6.45, 7) is 0. The average molecular weight is 844 g/mol. The number of nitrogens with one attached hydrogen (secondary N) is 2. The maximum absolute atomic E-state index is 13.3. The smallest absolute Gasteiger partial charge is 0.296 e. The Labute approximate surface area is 391 Å². The molecule has 0 spiro atoms. The second-order valence-corrected chi connectivity index (χ2v) is 16.0. The van der Waals surface area contributed by atoms with Gasteiger partial charge in [-0.3, -0.25) is 27.8 Å². The fourth-order valence-electron chi connectivity index (χ4n) is 4.76. The number of nitrogens with two attached hydrogens (primary N) is 1. The molecule has 0 saturated carbocycles. The molecule has 8 N–H and O–H groups in total. The van der Waals surface area contributed by atoms with Gasteiger partial charge in [0.1, 0.15) is 9.79 Å². The summed E-state index contributed by atoms with van der Waals surface area (Å²) >= 11 is 0. The molecule has 2 amide bonds. The number of hydrogen-bond donors (Lipinski definition) is 7. The maximum atomic E-state index is 13.3. The number of nitrogen functional groups attached to an aromatic ring is 1. The van der Waals surface area contributed by atoms with Crippen molar-refractivity contribution in [1.29, 1.82) is 0 Å². The first kappa shape index (κ1) is 50.0. The second kappa shape index (κ2) is 18.5. The second-order valence-electron chi connectivity index (χ2n) is 10.4. The van der Waals surface area contributed by atoms with E-state index in [1.807, 2.05) is 0 Å². The molecule has 0 aliphatic carbocycles. The molecule has 0 unspecified atom stereocenters. The summed E-state index contributed by atoms with van der Waals surface area (Å²) in [5.41, 5.74) is 4.18. The molecule has 5 aromatic carbocycles. The van der Waals surface area contributed by atoms with Gasteiger partial charge in [-0.15, -0.1) is 0 Å². The van der Waals surface area contributed by atoms with Crippen molar-refractivity contribution in [3.05, 3.63) is 90.0 Å². The predicted molar refractivity (Wildman–Crippen MR) is 197 cm³/mol. The van der Waals surface area contributed by atoms with Gasteiger partial charge in [0.2, 0.25) is 0 Å². The van der Waals surface area contributed by atoms with Crippen LogP contribution in [0.15, 0.2) is 98.4 Å². The molecule has 25 heteroatoms. The Balaban J connectivity index is 0.00000351. The summed E-state index contributed by atoms with van der Waals surface area (Å²) in [6.07, 6.45) is 0. The minimum absolute atomic E-state index is 0. The molecule has 0 saturated heterocycles. The van der Waals surface area contributed by atoms with E-state index in [2.05, 4.69) is 10.6 Å². The molecule has 0 bridgehead atoms.